The van der Waals surface area contributed by atoms with Crippen molar-refractivity contribution in [3.05, 3.63) is 44.8 Å². The van der Waals surface area contributed by atoms with E-state index < -0.39 is 11.2 Å². The number of alkyl halides is 3. The van der Waals surface area contributed by atoms with E-state index in [1.165, 1.54) is 6.20 Å². The highest BCUT2D eigenvalue weighted by molar-refractivity contribution is 9.10. The number of rotatable bonds is 5. The van der Waals surface area contributed by atoms with Gasteiger partial charge in [0.05, 0.1) is 6.04 Å². The number of hydrogen-bond donors (Lipinski definition) is 1. The maximum Gasteiger partial charge on any atom is 0.443 e. The summed E-state index contributed by atoms with van der Waals surface area (Å²) in [6, 6.07) is 7.65. The number of halogens is 4. The van der Waals surface area contributed by atoms with Gasteiger partial charge in [0.15, 0.2) is 5.01 Å². The van der Waals surface area contributed by atoms with Crippen LogP contribution < -0.4 is 5.32 Å². The van der Waals surface area contributed by atoms with Gasteiger partial charge >= 0.3 is 6.18 Å². The lowest BCUT2D eigenvalue weighted by Gasteiger charge is -2.13. The summed E-state index contributed by atoms with van der Waals surface area (Å²) in [6.45, 7) is 0. The zero-order valence-corrected chi connectivity index (χ0v) is 14.2. The zero-order valence-electron chi connectivity index (χ0n) is 10.9. The maximum atomic E-state index is 12.6. The summed E-state index contributed by atoms with van der Waals surface area (Å²) in [5.41, 5.74) is 0. The first-order valence-corrected chi connectivity index (χ1v) is 8.58. The summed E-state index contributed by atoms with van der Waals surface area (Å²) in [5.74, 6) is 0.637. The van der Waals surface area contributed by atoms with Crippen LogP contribution in [0.25, 0.3) is 0 Å². The Kier molecular flexibility index (Phi) is 5.70. The van der Waals surface area contributed by atoms with Crippen LogP contribution in [0, 0.1) is 0 Å². The van der Waals surface area contributed by atoms with Crippen LogP contribution in [-0.4, -0.2) is 17.8 Å². The normalized spacial score (nSPS) is 13.4. The molecule has 0 aliphatic carbocycles. The molecule has 0 bridgehead atoms. The first-order valence-electron chi connectivity index (χ1n) is 5.98. The lowest BCUT2D eigenvalue weighted by Crippen LogP contribution is -2.17. The minimum absolute atomic E-state index is 0.160. The first kappa shape index (κ1) is 16.8. The lowest BCUT2D eigenvalue weighted by molar-refractivity contribution is -0.137. The van der Waals surface area contributed by atoms with E-state index >= 15 is 0 Å². The van der Waals surface area contributed by atoms with Gasteiger partial charge < -0.3 is 5.32 Å². The number of benzene rings is 1. The highest BCUT2D eigenvalue weighted by atomic mass is 79.9. The van der Waals surface area contributed by atoms with Gasteiger partial charge in [-0.1, -0.05) is 15.9 Å². The molecule has 8 heteroatoms. The third-order valence-corrected chi connectivity index (χ3v) is 5.48. The third kappa shape index (κ3) is 4.70. The number of nitrogens with one attached hydrogen (secondary N) is 1. The second-order valence-corrected chi connectivity index (χ2v) is 7.24. The van der Waals surface area contributed by atoms with Gasteiger partial charge in [-0.2, -0.15) is 13.2 Å². The lowest BCUT2D eigenvalue weighted by atomic mass is 10.3. The van der Waals surface area contributed by atoms with Crippen molar-refractivity contribution in [2.75, 3.05) is 12.8 Å². The van der Waals surface area contributed by atoms with Gasteiger partial charge in [0, 0.05) is 26.2 Å². The van der Waals surface area contributed by atoms with E-state index in [9.17, 15) is 13.2 Å². The second kappa shape index (κ2) is 7.13. The van der Waals surface area contributed by atoms with Crippen molar-refractivity contribution in [2.24, 2.45) is 0 Å². The molecule has 114 valence electrons. The van der Waals surface area contributed by atoms with Gasteiger partial charge in [0.25, 0.3) is 0 Å². The minimum atomic E-state index is -4.37. The summed E-state index contributed by atoms with van der Waals surface area (Å²) >= 11 is 5.64. The van der Waals surface area contributed by atoms with Crippen molar-refractivity contribution in [3.63, 3.8) is 0 Å². The third-order valence-electron chi connectivity index (χ3n) is 2.69. The van der Waals surface area contributed by atoms with E-state index in [-0.39, 0.29) is 6.04 Å². The van der Waals surface area contributed by atoms with Crippen LogP contribution in [0.5, 0.6) is 0 Å². The average Bonchev–Trinajstić information content (AvgIpc) is 2.91. The van der Waals surface area contributed by atoms with Gasteiger partial charge in [-0.15, -0.1) is 23.1 Å². The van der Waals surface area contributed by atoms with Crippen molar-refractivity contribution >= 4 is 39.0 Å². The quantitative estimate of drug-likeness (QED) is 0.721. The molecule has 1 N–H and O–H groups in total. The fraction of sp³-hybridized carbons (Fsp3) is 0.308. The van der Waals surface area contributed by atoms with Crippen LogP contribution >= 0.6 is 39.0 Å². The standard InChI is InChI=1S/C13H12BrF3N2S2/c1-18-10(7-20-9-4-2-8(14)3-5-9)11-6-19-12(21-11)13(15,16)17/h2-6,10,18H,7H2,1H3. The molecule has 2 nitrogen and oxygen atoms in total. The molecule has 0 spiro atoms. The van der Waals surface area contributed by atoms with Crippen LogP contribution in [0.15, 0.2) is 39.8 Å². The Morgan fingerprint density at radius 3 is 2.52 bits per heavy atom. The van der Waals surface area contributed by atoms with Gasteiger partial charge in [-0.05, 0) is 31.3 Å². The van der Waals surface area contributed by atoms with E-state index in [4.69, 9.17) is 0 Å². The van der Waals surface area contributed by atoms with Gasteiger partial charge in [-0.3, -0.25) is 0 Å². The summed E-state index contributed by atoms with van der Waals surface area (Å²) < 4.78 is 38.7. The van der Waals surface area contributed by atoms with Crippen LogP contribution in [0.2, 0.25) is 0 Å². The first-order chi connectivity index (χ1) is 9.90. The van der Waals surface area contributed by atoms with E-state index in [1.54, 1.807) is 18.8 Å². The molecule has 2 aromatic rings. The molecule has 1 heterocycles. The summed E-state index contributed by atoms with van der Waals surface area (Å²) in [4.78, 5) is 5.12. The molecule has 0 aliphatic rings. The Morgan fingerprint density at radius 1 is 1.33 bits per heavy atom. The van der Waals surface area contributed by atoms with Crippen molar-refractivity contribution in [1.82, 2.24) is 10.3 Å². The monoisotopic (exact) mass is 396 g/mol. The van der Waals surface area contributed by atoms with Crippen molar-refractivity contribution in [1.29, 1.82) is 0 Å². The van der Waals surface area contributed by atoms with Crippen LogP contribution in [-0.2, 0) is 6.18 Å². The van der Waals surface area contributed by atoms with Gasteiger partial charge in [0.2, 0.25) is 0 Å². The molecule has 0 amide bonds. The van der Waals surface area contributed by atoms with Crippen molar-refractivity contribution < 1.29 is 13.2 Å². The van der Waals surface area contributed by atoms with E-state index in [0.717, 1.165) is 9.37 Å². The predicted octanol–water partition coefficient (Wildman–Crippen LogP) is 4.98. The highest BCUT2D eigenvalue weighted by Crippen LogP contribution is 2.35. The maximum absolute atomic E-state index is 12.6. The number of hydrogen-bond acceptors (Lipinski definition) is 4. The van der Waals surface area contributed by atoms with E-state index in [2.05, 4.69) is 26.2 Å². The summed E-state index contributed by atoms with van der Waals surface area (Å²) in [5, 5.41) is 2.24. The Morgan fingerprint density at radius 2 is 2.00 bits per heavy atom. The molecule has 2 rings (SSSR count). The molecule has 1 aromatic heterocycles. The molecular weight excluding hydrogens is 385 g/mol. The Labute approximate surface area is 137 Å². The Bertz CT molecular complexity index is 584. The van der Waals surface area contributed by atoms with E-state index in [1.807, 2.05) is 24.3 Å². The molecule has 0 saturated carbocycles. The van der Waals surface area contributed by atoms with Gasteiger partial charge in [0.1, 0.15) is 0 Å². The fourth-order valence-electron chi connectivity index (χ4n) is 1.60. The van der Waals surface area contributed by atoms with Crippen molar-refractivity contribution in [2.45, 2.75) is 17.1 Å². The predicted molar refractivity (Wildman–Crippen MR) is 83.8 cm³/mol. The number of nitrogens with zero attached hydrogens (tertiary/aromatic N) is 1. The average molecular weight is 397 g/mol. The topological polar surface area (TPSA) is 24.9 Å². The molecule has 0 radical (unpaired) electrons. The van der Waals surface area contributed by atoms with Gasteiger partial charge in [-0.25, -0.2) is 4.98 Å². The van der Waals surface area contributed by atoms with Crippen LogP contribution in [0.3, 0.4) is 0 Å². The van der Waals surface area contributed by atoms with Crippen LogP contribution in [0.1, 0.15) is 15.9 Å². The SMILES string of the molecule is CNC(CSc1ccc(Br)cc1)c1cnc(C(F)(F)F)s1. The van der Waals surface area contributed by atoms with E-state index in [0.29, 0.717) is 22.0 Å². The molecular formula is C13H12BrF3N2S2. The molecule has 1 unspecified atom stereocenters. The Hall–Kier alpha value is -0.570. The number of aromatic nitrogens is 1. The smallest absolute Gasteiger partial charge is 0.312 e. The summed E-state index contributed by atoms with van der Waals surface area (Å²) in [6.07, 6.45) is -3.07. The molecule has 1 atom stereocenters. The molecule has 0 saturated heterocycles. The van der Waals surface area contributed by atoms with Crippen LogP contribution in [0.4, 0.5) is 13.2 Å². The zero-order chi connectivity index (χ0) is 15.5. The molecule has 21 heavy (non-hydrogen) atoms. The number of thiazole rings is 1. The minimum Gasteiger partial charge on any atom is -0.312 e. The Balaban J connectivity index is 2.03. The molecule has 1 aromatic carbocycles. The fourth-order valence-corrected chi connectivity index (χ4v) is 3.89. The van der Waals surface area contributed by atoms with Crippen molar-refractivity contribution in [3.8, 4) is 0 Å². The second-order valence-electron chi connectivity index (χ2n) is 4.17. The molecule has 0 aliphatic heterocycles. The molecule has 0 fully saturated rings. The number of thioether (sulfide) groups is 1. The highest BCUT2D eigenvalue weighted by Gasteiger charge is 2.35. The largest absolute Gasteiger partial charge is 0.443 e. The summed E-state index contributed by atoms with van der Waals surface area (Å²) in [7, 11) is 1.74.